The molecule has 0 aromatic heterocycles. The summed E-state index contributed by atoms with van der Waals surface area (Å²) in [6, 6.07) is 0. The molecule has 0 radical (unpaired) electrons. The van der Waals surface area contributed by atoms with Crippen LogP contribution in [0.1, 0.15) is 46.0 Å². The highest BCUT2D eigenvalue weighted by atomic mass is 16.1. The summed E-state index contributed by atoms with van der Waals surface area (Å²) in [7, 11) is 0. The SMILES string of the molecule is CCCNC(=O)[C@H]1CC[C@@H](C)CC1. The Balaban J connectivity index is 2.23. The van der Waals surface area contributed by atoms with E-state index in [-0.39, 0.29) is 5.91 Å². The summed E-state index contributed by atoms with van der Waals surface area (Å²) in [6.45, 7) is 5.20. The Morgan fingerprint density at radius 3 is 2.46 bits per heavy atom. The second-order valence-electron chi connectivity index (χ2n) is 4.25. The van der Waals surface area contributed by atoms with Crippen molar-refractivity contribution in [3.8, 4) is 0 Å². The van der Waals surface area contributed by atoms with Crippen LogP contribution in [0.4, 0.5) is 0 Å². The monoisotopic (exact) mass is 183 g/mol. The molecule has 0 unspecified atom stereocenters. The van der Waals surface area contributed by atoms with Crippen LogP contribution >= 0.6 is 0 Å². The molecule has 0 heterocycles. The summed E-state index contributed by atoms with van der Waals surface area (Å²) >= 11 is 0. The van der Waals surface area contributed by atoms with Crippen LogP contribution in [0.3, 0.4) is 0 Å². The van der Waals surface area contributed by atoms with Crippen molar-refractivity contribution in [1.82, 2.24) is 5.32 Å². The first-order valence-corrected chi connectivity index (χ1v) is 5.51. The second kappa shape index (κ2) is 5.25. The number of carbonyl (C=O) groups excluding carboxylic acids is 1. The fraction of sp³-hybridized carbons (Fsp3) is 0.909. The van der Waals surface area contributed by atoms with E-state index in [4.69, 9.17) is 0 Å². The first-order chi connectivity index (χ1) is 6.24. The number of amides is 1. The van der Waals surface area contributed by atoms with E-state index in [1.54, 1.807) is 0 Å². The Hall–Kier alpha value is -0.530. The van der Waals surface area contributed by atoms with E-state index in [2.05, 4.69) is 19.2 Å². The standard InChI is InChI=1S/C11H21NO/c1-3-8-12-11(13)10-6-4-9(2)5-7-10/h9-10H,3-8H2,1-2H3,(H,12,13)/t9-,10+. The molecule has 1 aliphatic carbocycles. The Morgan fingerprint density at radius 1 is 1.31 bits per heavy atom. The van der Waals surface area contributed by atoms with Crippen molar-refractivity contribution in [2.24, 2.45) is 11.8 Å². The predicted molar refractivity (Wildman–Crippen MR) is 54.4 cm³/mol. The lowest BCUT2D eigenvalue weighted by Crippen LogP contribution is -2.33. The largest absolute Gasteiger partial charge is 0.356 e. The van der Waals surface area contributed by atoms with Crippen LogP contribution in [0.2, 0.25) is 0 Å². The highest BCUT2D eigenvalue weighted by molar-refractivity contribution is 5.78. The molecule has 0 saturated heterocycles. The first-order valence-electron chi connectivity index (χ1n) is 5.51. The Morgan fingerprint density at radius 2 is 1.92 bits per heavy atom. The van der Waals surface area contributed by atoms with E-state index in [9.17, 15) is 4.79 Å². The number of hydrogen-bond acceptors (Lipinski definition) is 1. The molecule has 0 atom stereocenters. The zero-order valence-corrected chi connectivity index (χ0v) is 8.81. The van der Waals surface area contributed by atoms with Gasteiger partial charge in [-0.15, -0.1) is 0 Å². The quantitative estimate of drug-likeness (QED) is 0.715. The molecule has 0 aliphatic heterocycles. The lowest BCUT2D eigenvalue weighted by molar-refractivity contribution is -0.126. The minimum atomic E-state index is 0.286. The van der Waals surface area contributed by atoms with Crippen LogP contribution in [0.25, 0.3) is 0 Å². The number of hydrogen-bond donors (Lipinski definition) is 1. The van der Waals surface area contributed by atoms with Crippen LogP contribution in [-0.2, 0) is 4.79 Å². The van der Waals surface area contributed by atoms with Gasteiger partial charge in [-0.05, 0) is 38.0 Å². The molecule has 2 heteroatoms. The summed E-state index contributed by atoms with van der Waals surface area (Å²) < 4.78 is 0. The maximum atomic E-state index is 11.6. The highest BCUT2D eigenvalue weighted by Crippen LogP contribution is 2.28. The molecule has 1 amide bonds. The molecule has 13 heavy (non-hydrogen) atoms. The summed E-state index contributed by atoms with van der Waals surface area (Å²) in [6.07, 6.45) is 5.68. The molecular formula is C11H21NO. The molecule has 76 valence electrons. The van der Waals surface area contributed by atoms with Crippen molar-refractivity contribution in [3.63, 3.8) is 0 Å². The lowest BCUT2D eigenvalue weighted by Gasteiger charge is -2.25. The van der Waals surface area contributed by atoms with Gasteiger partial charge in [-0.3, -0.25) is 4.79 Å². The third kappa shape index (κ3) is 3.37. The van der Waals surface area contributed by atoms with Crippen molar-refractivity contribution in [3.05, 3.63) is 0 Å². The van der Waals surface area contributed by atoms with Crippen LogP contribution < -0.4 is 5.32 Å². The Bertz CT molecular complexity index is 159. The van der Waals surface area contributed by atoms with Gasteiger partial charge < -0.3 is 5.32 Å². The summed E-state index contributed by atoms with van der Waals surface area (Å²) in [5.74, 6) is 1.42. The normalized spacial score (nSPS) is 28.5. The van der Waals surface area contributed by atoms with Gasteiger partial charge in [-0.25, -0.2) is 0 Å². The van der Waals surface area contributed by atoms with Gasteiger partial charge in [-0.1, -0.05) is 13.8 Å². The molecular weight excluding hydrogens is 162 g/mol. The third-order valence-electron chi connectivity index (χ3n) is 2.94. The average Bonchev–Trinajstić information content (AvgIpc) is 2.15. The van der Waals surface area contributed by atoms with Crippen LogP contribution in [0.15, 0.2) is 0 Å². The summed E-state index contributed by atoms with van der Waals surface area (Å²) in [5, 5.41) is 2.98. The van der Waals surface area contributed by atoms with Crippen molar-refractivity contribution in [2.75, 3.05) is 6.54 Å². The van der Waals surface area contributed by atoms with E-state index in [1.807, 2.05) is 0 Å². The molecule has 1 rings (SSSR count). The Kier molecular flexibility index (Phi) is 4.26. The van der Waals surface area contributed by atoms with Gasteiger partial charge in [0.05, 0.1) is 0 Å². The van der Waals surface area contributed by atoms with Crippen LogP contribution in [0, 0.1) is 11.8 Å². The maximum Gasteiger partial charge on any atom is 0.223 e. The van der Waals surface area contributed by atoms with Crippen molar-refractivity contribution < 1.29 is 4.79 Å². The van der Waals surface area contributed by atoms with Gasteiger partial charge in [0.25, 0.3) is 0 Å². The van der Waals surface area contributed by atoms with Gasteiger partial charge in [0, 0.05) is 12.5 Å². The second-order valence-corrected chi connectivity index (χ2v) is 4.25. The molecule has 1 aliphatic rings. The molecule has 1 saturated carbocycles. The van der Waals surface area contributed by atoms with E-state index in [1.165, 1.54) is 12.8 Å². The van der Waals surface area contributed by atoms with Crippen LogP contribution in [0.5, 0.6) is 0 Å². The lowest BCUT2D eigenvalue weighted by atomic mass is 9.82. The summed E-state index contributed by atoms with van der Waals surface area (Å²) in [5.41, 5.74) is 0. The molecule has 0 spiro atoms. The van der Waals surface area contributed by atoms with Crippen molar-refractivity contribution >= 4 is 5.91 Å². The number of carbonyl (C=O) groups is 1. The van der Waals surface area contributed by atoms with E-state index in [0.29, 0.717) is 5.92 Å². The topological polar surface area (TPSA) is 29.1 Å². The number of nitrogens with one attached hydrogen (secondary N) is 1. The molecule has 0 aromatic carbocycles. The minimum absolute atomic E-state index is 0.286. The van der Waals surface area contributed by atoms with Crippen LogP contribution in [-0.4, -0.2) is 12.5 Å². The van der Waals surface area contributed by atoms with E-state index in [0.717, 1.165) is 31.7 Å². The fourth-order valence-corrected chi connectivity index (χ4v) is 1.91. The molecule has 0 bridgehead atoms. The van der Waals surface area contributed by atoms with E-state index >= 15 is 0 Å². The molecule has 2 nitrogen and oxygen atoms in total. The third-order valence-corrected chi connectivity index (χ3v) is 2.94. The van der Waals surface area contributed by atoms with Gasteiger partial charge in [0.2, 0.25) is 5.91 Å². The van der Waals surface area contributed by atoms with Gasteiger partial charge in [0.15, 0.2) is 0 Å². The fourth-order valence-electron chi connectivity index (χ4n) is 1.91. The van der Waals surface area contributed by atoms with Gasteiger partial charge in [-0.2, -0.15) is 0 Å². The average molecular weight is 183 g/mol. The maximum absolute atomic E-state index is 11.6. The Labute approximate surface area is 81.1 Å². The molecule has 1 N–H and O–H groups in total. The highest BCUT2D eigenvalue weighted by Gasteiger charge is 2.23. The van der Waals surface area contributed by atoms with Gasteiger partial charge in [0.1, 0.15) is 0 Å². The van der Waals surface area contributed by atoms with E-state index < -0.39 is 0 Å². The zero-order chi connectivity index (χ0) is 9.68. The van der Waals surface area contributed by atoms with Crippen molar-refractivity contribution in [1.29, 1.82) is 0 Å². The zero-order valence-electron chi connectivity index (χ0n) is 8.81. The first kappa shape index (κ1) is 10.6. The molecule has 0 aromatic rings. The predicted octanol–water partition coefficient (Wildman–Crippen LogP) is 2.34. The molecule has 1 fully saturated rings. The summed E-state index contributed by atoms with van der Waals surface area (Å²) in [4.78, 5) is 11.6. The number of rotatable bonds is 3. The van der Waals surface area contributed by atoms with Crippen molar-refractivity contribution in [2.45, 2.75) is 46.0 Å². The minimum Gasteiger partial charge on any atom is -0.356 e. The van der Waals surface area contributed by atoms with Gasteiger partial charge >= 0.3 is 0 Å². The smallest absolute Gasteiger partial charge is 0.223 e.